The quantitative estimate of drug-likeness (QED) is 0.747. The van der Waals surface area contributed by atoms with Crippen molar-refractivity contribution in [2.75, 3.05) is 20.1 Å². The first-order chi connectivity index (χ1) is 7.86. The number of rotatable bonds is 1. The molecule has 0 saturated carbocycles. The molecule has 2 aliphatic rings. The van der Waals surface area contributed by atoms with Crippen LogP contribution in [0.5, 0.6) is 0 Å². The summed E-state index contributed by atoms with van der Waals surface area (Å²) in [4.78, 5) is 2.46. The molecule has 3 heterocycles. The second-order valence-corrected chi connectivity index (χ2v) is 4.98. The standard InChI is InChI=1S/C12H20N4/c1-16-7-3-2-4-11(16)12-9-5-6-13-8-10(9)14-15-12/h11,13H,2-8H2,1H3,(H,14,15). The van der Waals surface area contributed by atoms with E-state index in [4.69, 9.17) is 0 Å². The first-order valence-electron chi connectivity index (χ1n) is 6.33. The van der Waals surface area contributed by atoms with Crippen LogP contribution in [0.4, 0.5) is 0 Å². The van der Waals surface area contributed by atoms with Crippen molar-refractivity contribution in [3.63, 3.8) is 0 Å². The smallest absolute Gasteiger partial charge is 0.0829 e. The highest BCUT2D eigenvalue weighted by Crippen LogP contribution is 2.32. The molecule has 3 rings (SSSR count). The van der Waals surface area contributed by atoms with Gasteiger partial charge in [0.15, 0.2) is 0 Å². The highest BCUT2D eigenvalue weighted by molar-refractivity contribution is 5.30. The third-order valence-corrected chi connectivity index (χ3v) is 3.92. The molecule has 4 nitrogen and oxygen atoms in total. The van der Waals surface area contributed by atoms with Crippen molar-refractivity contribution in [1.82, 2.24) is 20.4 Å². The summed E-state index contributed by atoms with van der Waals surface area (Å²) >= 11 is 0. The average Bonchev–Trinajstić information content (AvgIpc) is 2.74. The van der Waals surface area contributed by atoms with E-state index in [9.17, 15) is 0 Å². The van der Waals surface area contributed by atoms with Crippen molar-refractivity contribution in [3.05, 3.63) is 17.0 Å². The third-order valence-electron chi connectivity index (χ3n) is 3.92. The van der Waals surface area contributed by atoms with Crippen LogP contribution in [0, 0.1) is 0 Å². The first kappa shape index (κ1) is 10.3. The second kappa shape index (κ2) is 4.18. The van der Waals surface area contributed by atoms with Crippen LogP contribution in [0.3, 0.4) is 0 Å². The Morgan fingerprint density at radius 2 is 2.31 bits per heavy atom. The van der Waals surface area contributed by atoms with Crippen molar-refractivity contribution in [3.8, 4) is 0 Å². The van der Waals surface area contributed by atoms with Crippen LogP contribution < -0.4 is 5.32 Å². The van der Waals surface area contributed by atoms with Crippen LogP contribution in [0.2, 0.25) is 0 Å². The highest BCUT2D eigenvalue weighted by atomic mass is 15.2. The molecule has 2 N–H and O–H groups in total. The molecule has 88 valence electrons. The molecule has 1 saturated heterocycles. The Kier molecular flexibility index (Phi) is 2.69. The summed E-state index contributed by atoms with van der Waals surface area (Å²) < 4.78 is 0. The van der Waals surface area contributed by atoms with Crippen LogP contribution in [0.15, 0.2) is 0 Å². The van der Waals surface area contributed by atoms with E-state index in [2.05, 4.69) is 27.5 Å². The largest absolute Gasteiger partial charge is 0.311 e. The van der Waals surface area contributed by atoms with Crippen molar-refractivity contribution >= 4 is 0 Å². The fraction of sp³-hybridized carbons (Fsp3) is 0.750. The number of hydrogen-bond donors (Lipinski definition) is 2. The number of H-pyrrole nitrogens is 1. The SMILES string of the molecule is CN1CCCCC1c1n[nH]c2c1CCNC2. The van der Waals surface area contributed by atoms with Gasteiger partial charge in [-0.15, -0.1) is 0 Å². The number of fused-ring (bicyclic) bond motifs is 1. The van der Waals surface area contributed by atoms with E-state index in [0.29, 0.717) is 6.04 Å². The van der Waals surface area contributed by atoms with E-state index in [1.54, 1.807) is 0 Å². The van der Waals surface area contributed by atoms with Crippen molar-refractivity contribution in [1.29, 1.82) is 0 Å². The summed E-state index contributed by atoms with van der Waals surface area (Å²) in [6, 6.07) is 0.548. The predicted octanol–water partition coefficient (Wildman–Crippen LogP) is 1.21. The van der Waals surface area contributed by atoms with E-state index in [0.717, 1.165) is 19.5 Å². The summed E-state index contributed by atoms with van der Waals surface area (Å²) in [6.07, 6.45) is 5.07. The Labute approximate surface area is 96.4 Å². The van der Waals surface area contributed by atoms with Crippen LogP contribution in [-0.4, -0.2) is 35.2 Å². The molecule has 16 heavy (non-hydrogen) atoms. The van der Waals surface area contributed by atoms with Crippen molar-refractivity contribution < 1.29 is 0 Å². The van der Waals surface area contributed by atoms with E-state index < -0.39 is 0 Å². The number of aromatic amines is 1. The molecule has 0 spiro atoms. The topological polar surface area (TPSA) is 44.0 Å². The monoisotopic (exact) mass is 220 g/mol. The van der Waals surface area contributed by atoms with Gasteiger partial charge in [-0.05, 0) is 39.4 Å². The Morgan fingerprint density at radius 3 is 3.19 bits per heavy atom. The Morgan fingerprint density at radius 1 is 1.38 bits per heavy atom. The molecule has 1 aromatic heterocycles. The molecule has 1 fully saturated rings. The zero-order chi connectivity index (χ0) is 11.0. The van der Waals surface area contributed by atoms with Gasteiger partial charge in [-0.3, -0.25) is 10.00 Å². The Hall–Kier alpha value is -0.870. The molecule has 1 unspecified atom stereocenters. The summed E-state index contributed by atoms with van der Waals surface area (Å²) in [7, 11) is 2.23. The van der Waals surface area contributed by atoms with Gasteiger partial charge >= 0.3 is 0 Å². The first-order valence-corrected chi connectivity index (χ1v) is 6.33. The minimum absolute atomic E-state index is 0.548. The molecular formula is C12H20N4. The molecule has 0 aromatic carbocycles. The number of nitrogens with one attached hydrogen (secondary N) is 2. The van der Waals surface area contributed by atoms with Crippen LogP contribution >= 0.6 is 0 Å². The van der Waals surface area contributed by atoms with Gasteiger partial charge in [-0.2, -0.15) is 5.10 Å². The maximum Gasteiger partial charge on any atom is 0.0829 e. The molecule has 2 aliphatic heterocycles. The maximum atomic E-state index is 4.57. The minimum atomic E-state index is 0.548. The van der Waals surface area contributed by atoms with Gasteiger partial charge in [0, 0.05) is 12.1 Å². The molecule has 0 aliphatic carbocycles. The Balaban J connectivity index is 1.90. The lowest BCUT2D eigenvalue weighted by molar-refractivity contribution is 0.182. The van der Waals surface area contributed by atoms with E-state index in [1.165, 1.54) is 42.8 Å². The van der Waals surface area contributed by atoms with Crippen LogP contribution in [0.25, 0.3) is 0 Å². The summed E-state index contributed by atoms with van der Waals surface area (Å²) in [6.45, 7) is 3.26. The molecule has 1 aromatic rings. The van der Waals surface area contributed by atoms with E-state index in [1.807, 2.05) is 0 Å². The van der Waals surface area contributed by atoms with Gasteiger partial charge in [0.05, 0.1) is 17.4 Å². The fourth-order valence-electron chi connectivity index (χ4n) is 2.97. The average molecular weight is 220 g/mol. The molecule has 4 heteroatoms. The van der Waals surface area contributed by atoms with Gasteiger partial charge in [0.2, 0.25) is 0 Å². The number of hydrogen-bond acceptors (Lipinski definition) is 3. The summed E-state index contributed by atoms with van der Waals surface area (Å²) in [5.41, 5.74) is 4.11. The summed E-state index contributed by atoms with van der Waals surface area (Å²) in [5, 5.41) is 11.2. The lowest BCUT2D eigenvalue weighted by Gasteiger charge is -2.32. The number of aromatic nitrogens is 2. The highest BCUT2D eigenvalue weighted by Gasteiger charge is 2.27. The van der Waals surface area contributed by atoms with Crippen LogP contribution in [-0.2, 0) is 13.0 Å². The lowest BCUT2D eigenvalue weighted by atomic mass is 9.94. The minimum Gasteiger partial charge on any atom is -0.311 e. The zero-order valence-electron chi connectivity index (χ0n) is 9.92. The predicted molar refractivity (Wildman–Crippen MR) is 63.2 cm³/mol. The molecule has 0 radical (unpaired) electrons. The maximum absolute atomic E-state index is 4.57. The number of likely N-dealkylation sites (tertiary alicyclic amines) is 1. The van der Waals surface area contributed by atoms with Crippen LogP contribution in [0.1, 0.15) is 42.3 Å². The molecule has 0 amide bonds. The van der Waals surface area contributed by atoms with Gasteiger partial charge in [-0.1, -0.05) is 6.42 Å². The third kappa shape index (κ3) is 1.66. The van der Waals surface area contributed by atoms with Crippen molar-refractivity contribution in [2.24, 2.45) is 0 Å². The lowest BCUT2D eigenvalue weighted by Crippen LogP contribution is -2.31. The molecular weight excluding hydrogens is 200 g/mol. The molecule has 0 bridgehead atoms. The zero-order valence-corrected chi connectivity index (χ0v) is 9.92. The van der Waals surface area contributed by atoms with Gasteiger partial charge in [0.1, 0.15) is 0 Å². The van der Waals surface area contributed by atoms with E-state index in [-0.39, 0.29) is 0 Å². The second-order valence-electron chi connectivity index (χ2n) is 4.98. The van der Waals surface area contributed by atoms with Gasteiger partial charge in [0.25, 0.3) is 0 Å². The van der Waals surface area contributed by atoms with E-state index >= 15 is 0 Å². The number of nitrogens with zero attached hydrogens (tertiary/aromatic N) is 2. The van der Waals surface area contributed by atoms with Gasteiger partial charge < -0.3 is 5.32 Å². The van der Waals surface area contributed by atoms with Crippen molar-refractivity contribution in [2.45, 2.75) is 38.3 Å². The Bertz CT molecular complexity index is 371. The van der Waals surface area contributed by atoms with Gasteiger partial charge in [-0.25, -0.2) is 0 Å². The number of piperidine rings is 1. The summed E-state index contributed by atoms with van der Waals surface area (Å²) in [5.74, 6) is 0. The molecule has 1 atom stereocenters. The normalized spacial score (nSPS) is 26.7. The fourth-order valence-corrected chi connectivity index (χ4v) is 2.97.